The molecule has 2 aromatic carbocycles. The summed E-state index contributed by atoms with van der Waals surface area (Å²) in [6.07, 6.45) is 1.01. The van der Waals surface area contributed by atoms with Gasteiger partial charge in [0.1, 0.15) is 6.04 Å². The molecule has 0 aliphatic carbocycles. The fraction of sp³-hybridized carbons (Fsp3) is 0.273. The molecule has 2 amide bonds. The molecule has 2 heterocycles. The molecule has 0 spiro atoms. The van der Waals surface area contributed by atoms with Gasteiger partial charge in [0.15, 0.2) is 0 Å². The monoisotopic (exact) mass is 361 g/mol. The standard InChI is InChI=1S/C22H23N3O2/c1-15-11-18-12-17(7-8-19(18)24-15)13-23-22(27)20-9-10-21(26)25(20)14-16-5-3-2-4-6-16/h2-8,11-12,20,24H,9-10,13-14H2,1H3,(H,23,27). The molecule has 4 rings (SSSR count). The third kappa shape index (κ3) is 3.72. The highest BCUT2D eigenvalue weighted by molar-refractivity contribution is 5.91. The van der Waals surface area contributed by atoms with Crippen molar-refractivity contribution in [1.82, 2.24) is 15.2 Å². The minimum atomic E-state index is -0.393. The first-order valence-electron chi connectivity index (χ1n) is 9.29. The molecule has 1 unspecified atom stereocenters. The lowest BCUT2D eigenvalue weighted by atomic mass is 10.1. The van der Waals surface area contributed by atoms with Crippen LogP contribution in [0.25, 0.3) is 10.9 Å². The normalized spacial score (nSPS) is 16.9. The van der Waals surface area contributed by atoms with Gasteiger partial charge < -0.3 is 15.2 Å². The first kappa shape index (κ1) is 17.3. The van der Waals surface area contributed by atoms with Crippen LogP contribution >= 0.6 is 0 Å². The van der Waals surface area contributed by atoms with Crippen LogP contribution in [0.15, 0.2) is 54.6 Å². The van der Waals surface area contributed by atoms with Crippen LogP contribution in [0, 0.1) is 6.92 Å². The maximum Gasteiger partial charge on any atom is 0.243 e. The summed E-state index contributed by atoms with van der Waals surface area (Å²) in [4.78, 5) is 30.0. The van der Waals surface area contributed by atoms with Crippen molar-refractivity contribution in [3.05, 3.63) is 71.4 Å². The van der Waals surface area contributed by atoms with E-state index < -0.39 is 6.04 Å². The van der Waals surface area contributed by atoms with Crippen molar-refractivity contribution in [3.8, 4) is 0 Å². The number of carbonyl (C=O) groups is 2. The molecular formula is C22H23N3O2. The van der Waals surface area contributed by atoms with E-state index in [1.165, 1.54) is 0 Å². The Bertz CT molecular complexity index is 978. The van der Waals surface area contributed by atoms with E-state index in [0.717, 1.165) is 27.7 Å². The Hall–Kier alpha value is -3.08. The maximum atomic E-state index is 12.7. The summed E-state index contributed by atoms with van der Waals surface area (Å²) in [6, 6.07) is 17.6. The quantitative estimate of drug-likeness (QED) is 0.732. The summed E-state index contributed by atoms with van der Waals surface area (Å²) < 4.78 is 0. The molecule has 1 aliphatic heterocycles. The summed E-state index contributed by atoms with van der Waals surface area (Å²) in [5.74, 6) is -0.0367. The molecular weight excluding hydrogens is 338 g/mol. The van der Waals surface area contributed by atoms with Gasteiger partial charge in [0.25, 0.3) is 0 Å². The lowest BCUT2D eigenvalue weighted by Gasteiger charge is -2.24. The Labute approximate surface area is 158 Å². The van der Waals surface area contributed by atoms with Crippen molar-refractivity contribution in [2.24, 2.45) is 0 Å². The molecule has 1 fully saturated rings. The highest BCUT2D eigenvalue weighted by atomic mass is 16.2. The predicted octanol–water partition coefficient (Wildman–Crippen LogP) is 3.28. The predicted molar refractivity (Wildman–Crippen MR) is 105 cm³/mol. The van der Waals surface area contributed by atoms with E-state index in [2.05, 4.69) is 22.4 Å². The molecule has 138 valence electrons. The average molecular weight is 361 g/mol. The van der Waals surface area contributed by atoms with Gasteiger partial charge in [-0.2, -0.15) is 0 Å². The van der Waals surface area contributed by atoms with Gasteiger partial charge in [0.05, 0.1) is 0 Å². The molecule has 5 nitrogen and oxygen atoms in total. The molecule has 1 atom stereocenters. The van der Waals surface area contributed by atoms with Gasteiger partial charge in [-0.15, -0.1) is 0 Å². The fourth-order valence-corrected chi connectivity index (χ4v) is 3.73. The zero-order valence-electron chi connectivity index (χ0n) is 15.4. The Kier molecular flexibility index (Phi) is 4.67. The van der Waals surface area contributed by atoms with Crippen molar-refractivity contribution in [3.63, 3.8) is 0 Å². The minimum absolute atomic E-state index is 0.0446. The number of aryl methyl sites for hydroxylation is 1. The van der Waals surface area contributed by atoms with Crippen molar-refractivity contribution in [1.29, 1.82) is 0 Å². The maximum absolute atomic E-state index is 12.7. The smallest absolute Gasteiger partial charge is 0.243 e. The van der Waals surface area contributed by atoms with Gasteiger partial charge in [-0.3, -0.25) is 9.59 Å². The second kappa shape index (κ2) is 7.27. The van der Waals surface area contributed by atoms with Crippen LogP contribution < -0.4 is 5.32 Å². The summed E-state index contributed by atoms with van der Waals surface area (Å²) >= 11 is 0. The molecule has 27 heavy (non-hydrogen) atoms. The highest BCUT2D eigenvalue weighted by Gasteiger charge is 2.35. The summed E-state index contributed by atoms with van der Waals surface area (Å²) in [7, 11) is 0. The largest absolute Gasteiger partial charge is 0.359 e. The minimum Gasteiger partial charge on any atom is -0.359 e. The van der Waals surface area contributed by atoms with Crippen molar-refractivity contribution < 1.29 is 9.59 Å². The van der Waals surface area contributed by atoms with E-state index in [1.54, 1.807) is 4.90 Å². The van der Waals surface area contributed by atoms with E-state index in [1.807, 2.05) is 49.4 Å². The number of aromatic amines is 1. The number of benzene rings is 2. The molecule has 1 aliphatic rings. The Balaban J connectivity index is 1.42. The molecule has 0 bridgehead atoms. The van der Waals surface area contributed by atoms with Gasteiger partial charge >= 0.3 is 0 Å². The number of nitrogens with one attached hydrogen (secondary N) is 2. The van der Waals surface area contributed by atoms with Crippen LogP contribution in [-0.2, 0) is 22.7 Å². The van der Waals surface area contributed by atoms with Crippen LogP contribution in [0.3, 0.4) is 0 Å². The molecule has 3 aromatic rings. The Morgan fingerprint density at radius 2 is 1.96 bits per heavy atom. The highest BCUT2D eigenvalue weighted by Crippen LogP contribution is 2.22. The number of aromatic nitrogens is 1. The van der Waals surface area contributed by atoms with Crippen LogP contribution in [-0.4, -0.2) is 27.7 Å². The number of hydrogen-bond donors (Lipinski definition) is 2. The average Bonchev–Trinajstić information content (AvgIpc) is 3.22. The third-order valence-electron chi connectivity index (χ3n) is 5.11. The molecule has 5 heteroatoms. The van der Waals surface area contributed by atoms with E-state index in [9.17, 15) is 9.59 Å². The van der Waals surface area contributed by atoms with Crippen LogP contribution in [0.1, 0.15) is 29.7 Å². The number of amides is 2. The molecule has 2 N–H and O–H groups in total. The van der Waals surface area contributed by atoms with E-state index in [0.29, 0.717) is 25.9 Å². The number of carbonyl (C=O) groups excluding carboxylic acids is 2. The topological polar surface area (TPSA) is 65.2 Å². The zero-order chi connectivity index (χ0) is 18.8. The van der Waals surface area contributed by atoms with Crippen molar-refractivity contribution in [2.45, 2.75) is 38.9 Å². The number of H-pyrrole nitrogens is 1. The van der Waals surface area contributed by atoms with E-state index >= 15 is 0 Å². The molecule has 0 saturated carbocycles. The number of rotatable bonds is 5. The lowest BCUT2D eigenvalue weighted by Crippen LogP contribution is -2.44. The Morgan fingerprint density at radius 3 is 2.78 bits per heavy atom. The van der Waals surface area contributed by atoms with Crippen LogP contribution in [0.4, 0.5) is 0 Å². The lowest BCUT2D eigenvalue weighted by molar-refractivity contribution is -0.135. The molecule has 0 radical (unpaired) electrons. The first-order chi connectivity index (χ1) is 13.1. The van der Waals surface area contributed by atoms with Gasteiger partial charge in [0, 0.05) is 30.7 Å². The van der Waals surface area contributed by atoms with Gasteiger partial charge in [-0.05, 0) is 48.1 Å². The number of hydrogen-bond acceptors (Lipinski definition) is 2. The summed E-state index contributed by atoms with van der Waals surface area (Å²) in [6.45, 7) is 2.97. The SMILES string of the molecule is Cc1cc2cc(CNC(=O)C3CCC(=O)N3Cc3ccccc3)ccc2[nH]1. The second-order valence-corrected chi connectivity index (χ2v) is 7.15. The van der Waals surface area contributed by atoms with Gasteiger partial charge in [0.2, 0.25) is 11.8 Å². The first-order valence-corrected chi connectivity index (χ1v) is 9.29. The van der Waals surface area contributed by atoms with E-state index in [-0.39, 0.29) is 11.8 Å². The van der Waals surface area contributed by atoms with Gasteiger partial charge in [-0.1, -0.05) is 36.4 Å². The van der Waals surface area contributed by atoms with E-state index in [4.69, 9.17) is 0 Å². The third-order valence-corrected chi connectivity index (χ3v) is 5.11. The molecule has 1 saturated heterocycles. The molecule has 1 aromatic heterocycles. The van der Waals surface area contributed by atoms with Gasteiger partial charge in [-0.25, -0.2) is 0 Å². The Morgan fingerprint density at radius 1 is 1.15 bits per heavy atom. The summed E-state index contributed by atoms with van der Waals surface area (Å²) in [5.41, 5.74) is 4.30. The van der Waals surface area contributed by atoms with Crippen molar-refractivity contribution in [2.75, 3.05) is 0 Å². The number of nitrogens with zero attached hydrogens (tertiary/aromatic N) is 1. The van der Waals surface area contributed by atoms with Crippen LogP contribution in [0.5, 0.6) is 0 Å². The van der Waals surface area contributed by atoms with Crippen molar-refractivity contribution >= 4 is 22.7 Å². The zero-order valence-corrected chi connectivity index (χ0v) is 15.4. The fourth-order valence-electron chi connectivity index (χ4n) is 3.73. The number of likely N-dealkylation sites (tertiary alicyclic amines) is 1. The number of fused-ring (bicyclic) bond motifs is 1. The summed E-state index contributed by atoms with van der Waals surface area (Å²) in [5, 5.41) is 4.15. The second-order valence-electron chi connectivity index (χ2n) is 7.15. The van der Waals surface area contributed by atoms with Crippen LogP contribution in [0.2, 0.25) is 0 Å².